The van der Waals surface area contributed by atoms with Crippen molar-refractivity contribution in [3.63, 3.8) is 0 Å². The number of nitriles is 1. The number of benzene rings is 2. The van der Waals surface area contributed by atoms with Gasteiger partial charge in [0.25, 0.3) is 0 Å². The van der Waals surface area contributed by atoms with Gasteiger partial charge >= 0.3 is 5.97 Å². The fourth-order valence-electron chi connectivity index (χ4n) is 3.82. The summed E-state index contributed by atoms with van der Waals surface area (Å²) in [6.07, 6.45) is 5.08. The lowest BCUT2D eigenvalue weighted by atomic mass is 9.80. The zero-order valence-corrected chi connectivity index (χ0v) is 16.7. The predicted octanol–water partition coefficient (Wildman–Crippen LogP) is 5.68. The first kappa shape index (κ1) is 19.9. The minimum atomic E-state index is -0.515. The van der Waals surface area contributed by atoms with Crippen LogP contribution < -0.4 is 0 Å². The van der Waals surface area contributed by atoms with Gasteiger partial charge in [-0.2, -0.15) is 5.26 Å². The number of ether oxygens (including phenoxy) is 1. The Hall–Kier alpha value is -2.86. The highest BCUT2D eigenvalue weighted by atomic mass is 16.5. The van der Waals surface area contributed by atoms with E-state index in [0.29, 0.717) is 18.1 Å². The highest BCUT2D eigenvalue weighted by Crippen LogP contribution is 2.37. The average molecular weight is 373 g/mol. The van der Waals surface area contributed by atoms with Gasteiger partial charge in [0.2, 0.25) is 0 Å². The van der Waals surface area contributed by atoms with E-state index in [1.165, 1.54) is 0 Å². The van der Waals surface area contributed by atoms with Crippen molar-refractivity contribution in [2.75, 3.05) is 6.61 Å². The summed E-state index contributed by atoms with van der Waals surface area (Å²) >= 11 is 0. The maximum atomic E-state index is 12.9. The Morgan fingerprint density at radius 3 is 2.21 bits per heavy atom. The Morgan fingerprint density at radius 2 is 1.68 bits per heavy atom. The van der Waals surface area contributed by atoms with Gasteiger partial charge in [-0.1, -0.05) is 81.6 Å². The topological polar surface area (TPSA) is 50.1 Å². The maximum Gasteiger partial charge on any atom is 0.349 e. The van der Waals surface area contributed by atoms with Gasteiger partial charge in [0.05, 0.1) is 6.61 Å². The van der Waals surface area contributed by atoms with E-state index in [0.717, 1.165) is 54.4 Å². The first-order valence-corrected chi connectivity index (χ1v) is 10.2. The SMILES string of the molecule is CCCCC(CC)COC(=O)C(C#N)=C1c2ccccc2Cc2ccccc21. The fourth-order valence-corrected chi connectivity index (χ4v) is 3.82. The molecule has 1 aliphatic rings. The van der Waals surface area contributed by atoms with Crippen molar-refractivity contribution in [3.8, 4) is 6.07 Å². The van der Waals surface area contributed by atoms with E-state index in [9.17, 15) is 10.1 Å². The minimum Gasteiger partial charge on any atom is -0.461 e. The van der Waals surface area contributed by atoms with E-state index >= 15 is 0 Å². The van der Waals surface area contributed by atoms with Crippen molar-refractivity contribution in [2.24, 2.45) is 5.92 Å². The third kappa shape index (κ3) is 4.17. The first-order valence-electron chi connectivity index (χ1n) is 10.2. The molecule has 0 bridgehead atoms. The molecule has 0 aliphatic heterocycles. The second-order valence-corrected chi connectivity index (χ2v) is 7.37. The van der Waals surface area contributed by atoms with Crippen LogP contribution in [0.4, 0.5) is 0 Å². The van der Waals surface area contributed by atoms with Gasteiger partial charge in [0.1, 0.15) is 11.6 Å². The standard InChI is InChI=1S/C25H27NO2/c1-3-5-10-18(4-2)17-28-25(27)23(16-26)24-21-13-8-6-11-19(21)15-20-12-7-9-14-22(20)24/h6-9,11-14,18H,3-5,10,15,17H2,1-2H3. The predicted molar refractivity (Wildman–Crippen MR) is 112 cm³/mol. The zero-order valence-electron chi connectivity index (χ0n) is 16.7. The number of carbonyl (C=O) groups is 1. The van der Waals surface area contributed by atoms with E-state index < -0.39 is 5.97 Å². The molecule has 144 valence electrons. The molecule has 0 aromatic heterocycles. The lowest BCUT2D eigenvalue weighted by Crippen LogP contribution is -2.17. The third-order valence-electron chi connectivity index (χ3n) is 5.51. The molecular formula is C25H27NO2. The van der Waals surface area contributed by atoms with Crippen LogP contribution in [-0.2, 0) is 16.0 Å². The Labute approximate surface area is 167 Å². The number of hydrogen-bond acceptors (Lipinski definition) is 3. The fraction of sp³-hybridized carbons (Fsp3) is 0.360. The molecule has 0 spiro atoms. The second kappa shape index (κ2) is 9.37. The Balaban J connectivity index is 1.96. The van der Waals surface area contributed by atoms with Crippen LogP contribution >= 0.6 is 0 Å². The van der Waals surface area contributed by atoms with E-state index in [1.807, 2.05) is 36.4 Å². The quantitative estimate of drug-likeness (QED) is 0.304. The monoisotopic (exact) mass is 373 g/mol. The lowest BCUT2D eigenvalue weighted by molar-refractivity contribution is -0.139. The van der Waals surface area contributed by atoms with Gasteiger partial charge in [-0.05, 0) is 41.0 Å². The van der Waals surface area contributed by atoms with Gasteiger partial charge in [-0.3, -0.25) is 0 Å². The summed E-state index contributed by atoms with van der Waals surface area (Å²) in [6.45, 7) is 4.65. The molecule has 0 heterocycles. The van der Waals surface area contributed by atoms with Crippen molar-refractivity contribution >= 4 is 11.5 Å². The van der Waals surface area contributed by atoms with E-state index in [1.54, 1.807) is 0 Å². The number of fused-ring (bicyclic) bond motifs is 2. The lowest BCUT2D eigenvalue weighted by Gasteiger charge is -2.23. The summed E-state index contributed by atoms with van der Waals surface area (Å²) in [4.78, 5) is 12.9. The molecule has 2 aromatic rings. The van der Waals surface area contributed by atoms with Crippen molar-refractivity contribution in [3.05, 3.63) is 76.4 Å². The molecule has 1 aliphatic carbocycles. The van der Waals surface area contributed by atoms with Crippen LogP contribution in [0.15, 0.2) is 54.1 Å². The van der Waals surface area contributed by atoms with Gasteiger partial charge in [-0.15, -0.1) is 0 Å². The number of carbonyl (C=O) groups excluding carboxylic acids is 1. The Bertz CT molecular complexity index is 873. The van der Waals surface area contributed by atoms with Crippen molar-refractivity contribution in [1.29, 1.82) is 5.26 Å². The molecule has 0 saturated carbocycles. The summed E-state index contributed by atoms with van der Waals surface area (Å²) < 4.78 is 5.61. The van der Waals surface area contributed by atoms with Crippen LogP contribution in [0.3, 0.4) is 0 Å². The number of esters is 1. The number of rotatable bonds is 7. The maximum absolute atomic E-state index is 12.9. The minimum absolute atomic E-state index is 0.102. The first-order chi connectivity index (χ1) is 13.7. The van der Waals surface area contributed by atoms with Gasteiger partial charge < -0.3 is 4.74 Å². The summed E-state index contributed by atoms with van der Waals surface area (Å²) in [7, 11) is 0. The van der Waals surface area contributed by atoms with Gasteiger partial charge in [-0.25, -0.2) is 4.79 Å². The molecule has 0 amide bonds. The average Bonchev–Trinajstić information content (AvgIpc) is 2.73. The number of unbranched alkanes of at least 4 members (excludes halogenated alkanes) is 1. The van der Waals surface area contributed by atoms with Crippen LogP contribution in [0.2, 0.25) is 0 Å². The summed E-state index contributed by atoms with van der Waals surface area (Å²) in [6, 6.07) is 18.1. The molecule has 1 unspecified atom stereocenters. The van der Waals surface area contributed by atoms with Crippen molar-refractivity contribution in [2.45, 2.75) is 46.0 Å². The highest BCUT2D eigenvalue weighted by molar-refractivity contribution is 6.06. The highest BCUT2D eigenvalue weighted by Gasteiger charge is 2.27. The van der Waals surface area contributed by atoms with E-state index in [-0.39, 0.29) is 5.57 Å². The van der Waals surface area contributed by atoms with Gasteiger partial charge in [0, 0.05) is 5.57 Å². The van der Waals surface area contributed by atoms with E-state index in [4.69, 9.17) is 4.74 Å². The molecule has 3 rings (SSSR count). The van der Waals surface area contributed by atoms with Crippen LogP contribution in [0.1, 0.15) is 61.8 Å². The smallest absolute Gasteiger partial charge is 0.349 e. The Morgan fingerprint density at radius 1 is 1.07 bits per heavy atom. The van der Waals surface area contributed by atoms with Crippen LogP contribution in [-0.4, -0.2) is 12.6 Å². The van der Waals surface area contributed by atoms with Crippen LogP contribution in [0, 0.1) is 17.2 Å². The Kier molecular flexibility index (Phi) is 6.66. The zero-order chi connectivity index (χ0) is 19.9. The summed E-state index contributed by atoms with van der Waals surface area (Å²) in [5, 5.41) is 9.86. The van der Waals surface area contributed by atoms with Crippen molar-refractivity contribution in [1.82, 2.24) is 0 Å². The molecule has 0 N–H and O–H groups in total. The summed E-state index contributed by atoms with van der Waals surface area (Å²) in [5.41, 5.74) is 4.97. The van der Waals surface area contributed by atoms with Crippen LogP contribution in [0.25, 0.3) is 5.57 Å². The summed E-state index contributed by atoms with van der Waals surface area (Å²) in [5.74, 6) is -0.168. The second-order valence-electron chi connectivity index (χ2n) is 7.37. The number of nitrogens with zero attached hydrogens (tertiary/aromatic N) is 1. The molecule has 3 nitrogen and oxygen atoms in total. The molecule has 3 heteroatoms. The number of hydrogen-bond donors (Lipinski definition) is 0. The molecule has 0 radical (unpaired) electrons. The molecule has 28 heavy (non-hydrogen) atoms. The molecule has 1 atom stereocenters. The van der Waals surface area contributed by atoms with Crippen LogP contribution in [0.5, 0.6) is 0 Å². The molecule has 0 fully saturated rings. The van der Waals surface area contributed by atoms with E-state index in [2.05, 4.69) is 32.0 Å². The molecular weight excluding hydrogens is 346 g/mol. The molecule has 2 aromatic carbocycles. The largest absolute Gasteiger partial charge is 0.461 e. The van der Waals surface area contributed by atoms with Crippen molar-refractivity contribution < 1.29 is 9.53 Å². The molecule has 0 saturated heterocycles. The third-order valence-corrected chi connectivity index (χ3v) is 5.51. The normalized spacial score (nSPS) is 13.1. The van der Waals surface area contributed by atoms with Gasteiger partial charge in [0.15, 0.2) is 0 Å².